The molecular weight excluding hydrogens is 222 g/mol. The second-order valence-electron chi connectivity index (χ2n) is 4.13. The highest BCUT2D eigenvalue weighted by atomic mass is 35.5. The molecule has 1 atom stereocenters. The highest BCUT2D eigenvalue weighted by Gasteiger charge is 2.18. The average molecular weight is 240 g/mol. The van der Waals surface area contributed by atoms with Crippen molar-refractivity contribution in [1.82, 2.24) is 10.6 Å². The number of rotatable bonds is 3. The van der Waals surface area contributed by atoms with Gasteiger partial charge in [0.15, 0.2) is 0 Å². The van der Waals surface area contributed by atoms with Crippen LogP contribution in [0.1, 0.15) is 0 Å². The monoisotopic (exact) mass is 239 g/mol. The van der Waals surface area contributed by atoms with Crippen LogP contribution in [0.25, 0.3) is 0 Å². The predicted octanol–water partition coefficient (Wildman–Crippen LogP) is 1.34. The van der Waals surface area contributed by atoms with Gasteiger partial charge in [-0.25, -0.2) is 0 Å². The van der Waals surface area contributed by atoms with Crippen LogP contribution in [-0.4, -0.2) is 39.3 Å². The Kier molecular flexibility index (Phi) is 4.04. The molecule has 88 valence electrons. The highest BCUT2D eigenvalue weighted by Crippen LogP contribution is 2.20. The van der Waals surface area contributed by atoms with Gasteiger partial charge >= 0.3 is 0 Å². The number of nitrogens with zero attached hydrogens (tertiary/aromatic N) is 1. The lowest BCUT2D eigenvalue weighted by molar-refractivity contribution is 0.443. The molecule has 0 aromatic heterocycles. The topological polar surface area (TPSA) is 27.3 Å². The number of likely N-dealkylation sites (N-methyl/N-ethyl adjacent to an activating group) is 1. The molecule has 1 aliphatic heterocycles. The summed E-state index contributed by atoms with van der Waals surface area (Å²) in [6.45, 7) is 4.09. The van der Waals surface area contributed by atoms with E-state index in [1.807, 2.05) is 25.2 Å². The van der Waals surface area contributed by atoms with Gasteiger partial charge in [-0.2, -0.15) is 0 Å². The Labute approximate surface area is 102 Å². The molecule has 1 saturated heterocycles. The number of hydrogen-bond acceptors (Lipinski definition) is 3. The minimum atomic E-state index is 0.512. The summed E-state index contributed by atoms with van der Waals surface area (Å²) in [4.78, 5) is 2.38. The number of benzene rings is 1. The van der Waals surface area contributed by atoms with E-state index in [4.69, 9.17) is 11.6 Å². The van der Waals surface area contributed by atoms with Gasteiger partial charge in [0.1, 0.15) is 0 Å². The summed E-state index contributed by atoms with van der Waals surface area (Å²) in [7, 11) is 1.99. The molecule has 2 rings (SSSR count). The first-order valence-electron chi connectivity index (χ1n) is 5.68. The number of anilines is 1. The largest absolute Gasteiger partial charge is 0.369 e. The van der Waals surface area contributed by atoms with Gasteiger partial charge in [0.25, 0.3) is 0 Å². The molecule has 1 unspecified atom stereocenters. The zero-order valence-electron chi connectivity index (χ0n) is 9.54. The van der Waals surface area contributed by atoms with Crippen LogP contribution in [0.2, 0.25) is 5.02 Å². The van der Waals surface area contributed by atoms with Crippen LogP contribution in [0.5, 0.6) is 0 Å². The Hall–Kier alpha value is -0.770. The number of hydrogen-bond donors (Lipinski definition) is 2. The molecular formula is C12H18ClN3. The van der Waals surface area contributed by atoms with Gasteiger partial charge in [0.05, 0.1) is 0 Å². The Morgan fingerprint density at radius 2 is 2.44 bits per heavy atom. The molecule has 1 fully saturated rings. The van der Waals surface area contributed by atoms with E-state index in [1.54, 1.807) is 0 Å². The van der Waals surface area contributed by atoms with Gasteiger partial charge < -0.3 is 15.5 Å². The Morgan fingerprint density at radius 1 is 1.56 bits per heavy atom. The number of nitrogens with one attached hydrogen (secondary N) is 2. The fourth-order valence-electron chi connectivity index (χ4n) is 2.12. The van der Waals surface area contributed by atoms with Crippen LogP contribution in [0.15, 0.2) is 24.3 Å². The van der Waals surface area contributed by atoms with E-state index in [2.05, 4.69) is 21.6 Å². The Balaban J connectivity index is 2.03. The van der Waals surface area contributed by atoms with Crippen LogP contribution in [-0.2, 0) is 0 Å². The van der Waals surface area contributed by atoms with Crippen LogP contribution in [0.3, 0.4) is 0 Å². The van der Waals surface area contributed by atoms with Crippen LogP contribution in [0.4, 0.5) is 5.69 Å². The summed E-state index contributed by atoms with van der Waals surface area (Å²) in [6.07, 6.45) is 0. The maximum atomic E-state index is 6.01. The first-order valence-corrected chi connectivity index (χ1v) is 6.06. The molecule has 0 amide bonds. The third-order valence-electron chi connectivity index (χ3n) is 2.88. The van der Waals surface area contributed by atoms with Crippen molar-refractivity contribution < 1.29 is 0 Å². The minimum absolute atomic E-state index is 0.512. The fraction of sp³-hybridized carbons (Fsp3) is 0.500. The summed E-state index contributed by atoms with van der Waals surface area (Å²) in [6, 6.07) is 8.58. The molecule has 0 saturated carbocycles. The van der Waals surface area contributed by atoms with Crippen LogP contribution < -0.4 is 15.5 Å². The van der Waals surface area contributed by atoms with E-state index < -0.39 is 0 Å². The molecule has 1 aromatic rings. The molecule has 3 nitrogen and oxygen atoms in total. The lowest BCUT2D eigenvalue weighted by Crippen LogP contribution is -2.54. The van der Waals surface area contributed by atoms with Gasteiger partial charge in [0, 0.05) is 42.9 Å². The van der Waals surface area contributed by atoms with Gasteiger partial charge in [0.2, 0.25) is 0 Å². The van der Waals surface area contributed by atoms with Gasteiger partial charge in [-0.1, -0.05) is 17.7 Å². The third-order valence-corrected chi connectivity index (χ3v) is 3.11. The smallest absolute Gasteiger partial charge is 0.0426 e. The van der Waals surface area contributed by atoms with E-state index >= 15 is 0 Å². The summed E-state index contributed by atoms with van der Waals surface area (Å²) in [5, 5.41) is 7.51. The zero-order chi connectivity index (χ0) is 11.4. The molecule has 4 heteroatoms. The Bertz CT molecular complexity index is 341. The van der Waals surface area contributed by atoms with Gasteiger partial charge in [-0.3, -0.25) is 0 Å². The van der Waals surface area contributed by atoms with Crippen molar-refractivity contribution in [1.29, 1.82) is 0 Å². The zero-order valence-corrected chi connectivity index (χ0v) is 10.3. The predicted molar refractivity (Wildman–Crippen MR) is 69.4 cm³/mol. The average Bonchev–Trinajstić information content (AvgIpc) is 2.30. The van der Waals surface area contributed by atoms with E-state index in [0.29, 0.717) is 6.04 Å². The molecule has 0 spiro atoms. The standard InChI is InChI=1S/C12H18ClN3/c1-14-8-11-9-16(6-5-15-11)12-4-2-3-10(13)7-12/h2-4,7,11,14-15H,5-6,8-9H2,1H3. The summed E-state index contributed by atoms with van der Waals surface area (Å²) < 4.78 is 0. The Morgan fingerprint density at radius 3 is 3.19 bits per heavy atom. The van der Waals surface area contributed by atoms with E-state index in [1.165, 1.54) is 5.69 Å². The molecule has 0 bridgehead atoms. The third kappa shape index (κ3) is 2.88. The second-order valence-corrected chi connectivity index (χ2v) is 4.57. The van der Waals surface area contributed by atoms with Crippen LogP contribution in [0, 0.1) is 0 Å². The summed E-state index contributed by atoms with van der Waals surface area (Å²) in [5.41, 5.74) is 1.22. The van der Waals surface area contributed by atoms with Crippen molar-refractivity contribution in [2.75, 3.05) is 38.1 Å². The first kappa shape index (κ1) is 11.7. The SMILES string of the molecule is CNCC1CN(c2cccc(Cl)c2)CCN1. The fourth-order valence-corrected chi connectivity index (χ4v) is 2.30. The van der Waals surface area contributed by atoms with Crippen LogP contribution >= 0.6 is 11.6 Å². The van der Waals surface area contributed by atoms with Crippen molar-refractivity contribution in [2.45, 2.75) is 6.04 Å². The van der Waals surface area contributed by atoms with Crippen molar-refractivity contribution in [3.8, 4) is 0 Å². The maximum Gasteiger partial charge on any atom is 0.0426 e. The highest BCUT2D eigenvalue weighted by molar-refractivity contribution is 6.30. The van der Waals surface area contributed by atoms with Crippen molar-refractivity contribution in [3.63, 3.8) is 0 Å². The number of halogens is 1. The first-order chi connectivity index (χ1) is 7.79. The summed E-state index contributed by atoms with van der Waals surface area (Å²) >= 11 is 6.01. The molecule has 0 radical (unpaired) electrons. The van der Waals surface area contributed by atoms with Crippen molar-refractivity contribution in [2.24, 2.45) is 0 Å². The molecule has 16 heavy (non-hydrogen) atoms. The van der Waals surface area contributed by atoms with E-state index in [0.717, 1.165) is 31.2 Å². The second kappa shape index (κ2) is 5.53. The van der Waals surface area contributed by atoms with Crippen molar-refractivity contribution >= 4 is 17.3 Å². The molecule has 1 aliphatic rings. The van der Waals surface area contributed by atoms with E-state index in [-0.39, 0.29) is 0 Å². The van der Waals surface area contributed by atoms with Crippen molar-refractivity contribution in [3.05, 3.63) is 29.3 Å². The van der Waals surface area contributed by atoms with E-state index in [9.17, 15) is 0 Å². The molecule has 0 aliphatic carbocycles. The van der Waals surface area contributed by atoms with Gasteiger partial charge in [-0.05, 0) is 25.2 Å². The maximum absolute atomic E-state index is 6.01. The normalized spacial score (nSPS) is 21.1. The lowest BCUT2D eigenvalue weighted by Gasteiger charge is -2.35. The molecule has 2 N–H and O–H groups in total. The quantitative estimate of drug-likeness (QED) is 0.834. The molecule has 1 heterocycles. The molecule has 1 aromatic carbocycles. The lowest BCUT2D eigenvalue weighted by atomic mass is 10.2. The minimum Gasteiger partial charge on any atom is -0.369 e. The number of piperazine rings is 1. The van der Waals surface area contributed by atoms with Gasteiger partial charge in [-0.15, -0.1) is 0 Å². The summed E-state index contributed by atoms with van der Waals surface area (Å²) in [5.74, 6) is 0.